The molecule has 1 rings (SSSR count). The van der Waals surface area contributed by atoms with Gasteiger partial charge in [-0.1, -0.05) is 0 Å². The Balaban J connectivity index is 2.96. The summed E-state index contributed by atoms with van der Waals surface area (Å²) in [7, 11) is 0. The molecule has 0 saturated carbocycles. The fourth-order valence-electron chi connectivity index (χ4n) is 0.917. The molecule has 1 aromatic heterocycles. The highest BCUT2D eigenvalue weighted by Gasteiger charge is 2.12. The van der Waals surface area contributed by atoms with Gasteiger partial charge in [-0.15, -0.1) is 11.3 Å². The van der Waals surface area contributed by atoms with Gasteiger partial charge in [0.2, 0.25) is 0 Å². The van der Waals surface area contributed by atoms with Crippen LogP contribution in [0.1, 0.15) is 23.5 Å². The predicted molar refractivity (Wildman–Crippen MR) is 50.2 cm³/mol. The maximum atomic E-state index is 10.9. The van der Waals surface area contributed by atoms with Crippen LogP contribution in [-0.2, 0) is 0 Å². The van der Waals surface area contributed by atoms with Crippen LogP contribution in [0.4, 0.5) is 5.69 Å². The standard InChI is InChI=1S/C8H11NO2S/c1-3-9-6-4-12-8(5(2)10)7(6)11/h4,9,11H,3H2,1-2H3. The third-order valence-corrected chi connectivity index (χ3v) is 2.52. The summed E-state index contributed by atoms with van der Waals surface area (Å²) in [6, 6.07) is 0. The van der Waals surface area contributed by atoms with E-state index >= 15 is 0 Å². The molecular formula is C8H11NO2S. The Hall–Kier alpha value is -1.03. The molecule has 4 heteroatoms. The number of ketones is 1. The number of hydrogen-bond acceptors (Lipinski definition) is 4. The van der Waals surface area contributed by atoms with Crippen LogP contribution in [0.25, 0.3) is 0 Å². The van der Waals surface area contributed by atoms with Crippen molar-refractivity contribution in [2.24, 2.45) is 0 Å². The summed E-state index contributed by atoms with van der Waals surface area (Å²) in [6.07, 6.45) is 0. The van der Waals surface area contributed by atoms with Gasteiger partial charge >= 0.3 is 0 Å². The third-order valence-electron chi connectivity index (χ3n) is 1.45. The molecule has 0 fully saturated rings. The highest BCUT2D eigenvalue weighted by Crippen LogP contribution is 2.33. The number of thiophene rings is 1. The van der Waals surface area contributed by atoms with Gasteiger partial charge in [0, 0.05) is 18.8 Å². The van der Waals surface area contributed by atoms with E-state index in [0.717, 1.165) is 6.54 Å². The lowest BCUT2D eigenvalue weighted by atomic mass is 10.3. The van der Waals surface area contributed by atoms with Crippen LogP contribution in [0.15, 0.2) is 5.38 Å². The van der Waals surface area contributed by atoms with Crippen LogP contribution in [0.2, 0.25) is 0 Å². The van der Waals surface area contributed by atoms with Gasteiger partial charge in [0.25, 0.3) is 0 Å². The SMILES string of the molecule is CCNc1csc(C(C)=O)c1O. The van der Waals surface area contributed by atoms with Crippen molar-refractivity contribution in [3.8, 4) is 5.75 Å². The summed E-state index contributed by atoms with van der Waals surface area (Å²) in [5.74, 6) is -0.0176. The summed E-state index contributed by atoms with van der Waals surface area (Å²) >= 11 is 1.26. The minimum absolute atomic E-state index is 0.0781. The van der Waals surface area contributed by atoms with Crippen LogP contribution >= 0.6 is 11.3 Å². The molecule has 0 aliphatic carbocycles. The monoisotopic (exact) mass is 185 g/mol. The van der Waals surface area contributed by atoms with Crippen molar-refractivity contribution in [1.29, 1.82) is 0 Å². The van der Waals surface area contributed by atoms with E-state index in [9.17, 15) is 9.90 Å². The molecule has 0 radical (unpaired) electrons. The Bertz CT molecular complexity index is 293. The molecule has 0 spiro atoms. The average Bonchev–Trinajstić information content (AvgIpc) is 2.34. The van der Waals surface area contributed by atoms with E-state index in [2.05, 4.69) is 5.32 Å². The summed E-state index contributed by atoms with van der Waals surface area (Å²) in [5.41, 5.74) is 0.646. The Morgan fingerprint density at radius 1 is 1.75 bits per heavy atom. The molecule has 0 saturated heterocycles. The number of carbonyl (C=O) groups is 1. The van der Waals surface area contributed by atoms with Gasteiger partial charge < -0.3 is 10.4 Å². The lowest BCUT2D eigenvalue weighted by Crippen LogP contribution is -1.95. The zero-order valence-corrected chi connectivity index (χ0v) is 7.86. The lowest BCUT2D eigenvalue weighted by Gasteiger charge is -1.99. The van der Waals surface area contributed by atoms with E-state index in [0.29, 0.717) is 10.6 Å². The minimum Gasteiger partial charge on any atom is -0.504 e. The van der Waals surface area contributed by atoms with Crippen LogP contribution in [0.3, 0.4) is 0 Å². The quantitative estimate of drug-likeness (QED) is 0.709. The highest BCUT2D eigenvalue weighted by atomic mass is 32.1. The first-order valence-electron chi connectivity index (χ1n) is 3.72. The fourth-order valence-corrected chi connectivity index (χ4v) is 1.74. The van der Waals surface area contributed by atoms with E-state index in [1.54, 1.807) is 5.38 Å². The maximum Gasteiger partial charge on any atom is 0.173 e. The largest absolute Gasteiger partial charge is 0.504 e. The molecule has 0 aliphatic heterocycles. The number of nitrogens with one attached hydrogen (secondary N) is 1. The summed E-state index contributed by atoms with van der Waals surface area (Å²) in [5, 5.41) is 14.2. The van der Waals surface area contributed by atoms with Gasteiger partial charge in [0.05, 0.1) is 5.69 Å². The molecule has 1 aromatic rings. The number of rotatable bonds is 3. The first-order chi connectivity index (χ1) is 5.66. The Morgan fingerprint density at radius 3 is 2.83 bits per heavy atom. The van der Waals surface area contributed by atoms with E-state index in [1.165, 1.54) is 18.3 Å². The summed E-state index contributed by atoms with van der Waals surface area (Å²) in [4.78, 5) is 11.3. The van der Waals surface area contributed by atoms with Crippen molar-refractivity contribution in [3.05, 3.63) is 10.3 Å². The topological polar surface area (TPSA) is 49.3 Å². The molecular weight excluding hydrogens is 174 g/mol. The second-order valence-electron chi connectivity index (χ2n) is 2.41. The molecule has 0 amide bonds. The molecule has 66 valence electrons. The fraction of sp³-hybridized carbons (Fsp3) is 0.375. The lowest BCUT2D eigenvalue weighted by molar-refractivity contribution is 0.101. The molecule has 2 N–H and O–H groups in total. The molecule has 0 unspecified atom stereocenters. The highest BCUT2D eigenvalue weighted by molar-refractivity contribution is 7.13. The van der Waals surface area contributed by atoms with Gasteiger partial charge in [-0.25, -0.2) is 0 Å². The first kappa shape index (κ1) is 9.06. The van der Waals surface area contributed by atoms with E-state index in [-0.39, 0.29) is 11.5 Å². The Labute approximate surface area is 75.0 Å². The molecule has 0 aliphatic rings. The second-order valence-corrected chi connectivity index (χ2v) is 3.29. The zero-order chi connectivity index (χ0) is 9.14. The van der Waals surface area contributed by atoms with Crippen molar-refractivity contribution < 1.29 is 9.90 Å². The molecule has 0 bridgehead atoms. The Morgan fingerprint density at radius 2 is 2.42 bits per heavy atom. The molecule has 0 atom stereocenters. The van der Waals surface area contributed by atoms with Crippen LogP contribution < -0.4 is 5.32 Å². The van der Waals surface area contributed by atoms with E-state index in [1.807, 2.05) is 6.92 Å². The maximum absolute atomic E-state index is 10.9. The van der Waals surface area contributed by atoms with Crippen molar-refractivity contribution in [2.45, 2.75) is 13.8 Å². The van der Waals surface area contributed by atoms with Gasteiger partial charge in [-0.3, -0.25) is 4.79 Å². The number of carbonyl (C=O) groups excluding carboxylic acids is 1. The van der Waals surface area contributed by atoms with Gasteiger partial charge in [0.1, 0.15) is 4.88 Å². The van der Waals surface area contributed by atoms with Gasteiger partial charge in [-0.05, 0) is 6.92 Å². The van der Waals surface area contributed by atoms with Crippen molar-refractivity contribution in [2.75, 3.05) is 11.9 Å². The minimum atomic E-state index is -0.0957. The summed E-state index contributed by atoms with van der Waals surface area (Å²) in [6.45, 7) is 4.12. The van der Waals surface area contributed by atoms with Gasteiger partial charge in [-0.2, -0.15) is 0 Å². The smallest absolute Gasteiger partial charge is 0.173 e. The molecule has 0 aromatic carbocycles. The third kappa shape index (κ3) is 1.58. The van der Waals surface area contributed by atoms with Crippen molar-refractivity contribution in [1.82, 2.24) is 0 Å². The number of aromatic hydroxyl groups is 1. The normalized spacial score (nSPS) is 9.83. The van der Waals surface area contributed by atoms with Crippen LogP contribution in [-0.4, -0.2) is 17.4 Å². The van der Waals surface area contributed by atoms with Crippen molar-refractivity contribution >= 4 is 22.8 Å². The molecule has 1 heterocycles. The van der Waals surface area contributed by atoms with Crippen LogP contribution in [0, 0.1) is 0 Å². The summed E-state index contributed by atoms with van der Waals surface area (Å²) < 4.78 is 0. The average molecular weight is 185 g/mol. The Kier molecular flexibility index (Phi) is 2.70. The number of hydrogen-bond donors (Lipinski definition) is 2. The molecule has 3 nitrogen and oxygen atoms in total. The van der Waals surface area contributed by atoms with Gasteiger partial charge in [0.15, 0.2) is 11.5 Å². The van der Waals surface area contributed by atoms with Crippen LogP contribution in [0.5, 0.6) is 5.75 Å². The number of Topliss-reactive ketones (excluding diaryl/α,β-unsaturated/α-hetero) is 1. The number of anilines is 1. The van der Waals surface area contributed by atoms with Crippen molar-refractivity contribution in [3.63, 3.8) is 0 Å². The van der Waals surface area contributed by atoms with E-state index < -0.39 is 0 Å². The molecule has 12 heavy (non-hydrogen) atoms. The predicted octanol–water partition coefficient (Wildman–Crippen LogP) is 2.09. The van der Waals surface area contributed by atoms with E-state index in [4.69, 9.17) is 0 Å². The second kappa shape index (κ2) is 3.58. The first-order valence-corrected chi connectivity index (χ1v) is 4.60. The zero-order valence-electron chi connectivity index (χ0n) is 7.05.